The van der Waals surface area contributed by atoms with Crippen molar-refractivity contribution in [3.63, 3.8) is 0 Å². The summed E-state index contributed by atoms with van der Waals surface area (Å²) in [5, 5.41) is 30.0. The quantitative estimate of drug-likeness (QED) is 0.440. The number of hydrogen-bond acceptors (Lipinski definition) is 7. The van der Waals surface area contributed by atoms with Crippen LogP contribution >= 0.6 is 0 Å². The van der Waals surface area contributed by atoms with Gasteiger partial charge in [0.25, 0.3) is 17.5 Å². The Bertz CT molecular complexity index is 962. The summed E-state index contributed by atoms with van der Waals surface area (Å²) in [6, 6.07) is 11.9. The molecule has 0 spiro atoms. The molecule has 2 amide bonds. The lowest BCUT2D eigenvalue weighted by Gasteiger charge is -2.17. The third-order valence-corrected chi connectivity index (χ3v) is 4.29. The fourth-order valence-electron chi connectivity index (χ4n) is 2.83. The van der Waals surface area contributed by atoms with Gasteiger partial charge in [0.1, 0.15) is 18.4 Å². The molecule has 0 fully saturated rings. The van der Waals surface area contributed by atoms with Crippen molar-refractivity contribution in [2.24, 2.45) is 0 Å². The minimum absolute atomic E-state index is 0.00306. The number of ether oxygens (including phenoxy) is 1. The zero-order chi connectivity index (χ0) is 20.3. The number of rotatable bonds is 7. The number of imide groups is 1. The monoisotopic (exact) mass is 381 g/mol. The molecule has 2 aromatic carbocycles. The number of hydrogen-bond donors (Lipinski definition) is 1. The molecule has 0 aromatic heterocycles. The third kappa shape index (κ3) is 3.67. The topological polar surface area (TPSA) is 134 Å². The first-order valence-corrected chi connectivity index (χ1v) is 8.37. The van der Waals surface area contributed by atoms with E-state index in [9.17, 15) is 24.8 Å². The highest BCUT2D eigenvalue weighted by atomic mass is 16.6. The summed E-state index contributed by atoms with van der Waals surface area (Å²) in [6.07, 6.45) is -0.988. The lowest BCUT2D eigenvalue weighted by atomic mass is 10.1. The maximum absolute atomic E-state index is 12.3. The summed E-state index contributed by atoms with van der Waals surface area (Å²) >= 11 is 0. The average molecular weight is 381 g/mol. The molecule has 142 valence electrons. The van der Waals surface area contributed by atoms with Gasteiger partial charge in [-0.2, -0.15) is 5.26 Å². The predicted octanol–water partition coefficient (Wildman–Crippen LogP) is 1.89. The average Bonchev–Trinajstić information content (AvgIpc) is 2.95. The Kier molecular flexibility index (Phi) is 5.33. The van der Waals surface area contributed by atoms with Gasteiger partial charge in [-0.15, -0.1) is 0 Å². The van der Waals surface area contributed by atoms with Crippen LogP contribution in [-0.2, 0) is 0 Å². The molecular weight excluding hydrogens is 366 g/mol. The van der Waals surface area contributed by atoms with Crippen molar-refractivity contribution >= 4 is 17.5 Å². The van der Waals surface area contributed by atoms with Gasteiger partial charge in [-0.05, 0) is 24.6 Å². The molecule has 0 unspecified atom stereocenters. The number of nitro benzene ring substituents is 1. The van der Waals surface area contributed by atoms with Gasteiger partial charge in [0.2, 0.25) is 0 Å². The molecule has 0 radical (unpaired) electrons. The number of carbonyl (C=O) groups is 2. The van der Waals surface area contributed by atoms with E-state index < -0.39 is 22.8 Å². The normalized spacial score (nSPS) is 13.8. The van der Waals surface area contributed by atoms with Gasteiger partial charge >= 0.3 is 0 Å². The molecule has 3 rings (SSSR count). The number of nitro groups is 1. The molecule has 2 aromatic rings. The highest BCUT2D eigenvalue weighted by Gasteiger charge is 2.34. The molecule has 9 heteroatoms. The first kappa shape index (κ1) is 19.0. The van der Waals surface area contributed by atoms with Gasteiger partial charge in [0.15, 0.2) is 0 Å². The van der Waals surface area contributed by atoms with Crippen molar-refractivity contribution < 1.29 is 24.4 Å². The summed E-state index contributed by atoms with van der Waals surface area (Å²) in [4.78, 5) is 35.8. The van der Waals surface area contributed by atoms with Crippen molar-refractivity contribution in [1.29, 1.82) is 5.26 Å². The van der Waals surface area contributed by atoms with Crippen LogP contribution in [0.3, 0.4) is 0 Å². The van der Waals surface area contributed by atoms with Crippen LogP contribution in [0.5, 0.6) is 5.75 Å². The number of aliphatic hydroxyl groups is 1. The van der Waals surface area contributed by atoms with E-state index in [1.165, 1.54) is 12.1 Å². The van der Waals surface area contributed by atoms with Crippen LogP contribution in [0.2, 0.25) is 0 Å². The number of benzene rings is 2. The zero-order valence-electron chi connectivity index (χ0n) is 14.6. The van der Waals surface area contributed by atoms with Crippen LogP contribution in [-0.4, -0.2) is 46.0 Å². The molecule has 0 saturated heterocycles. The minimum atomic E-state index is -1.05. The lowest BCUT2D eigenvalue weighted by Crippen LogP contribution is -2.33. The summed E-state index contributed by atoms with van der Waals surface area (Å²) < 4.78 is 5.35. The van der Waals surface area contributed by atoms with Crippen molar-refractivity contribution in [1.82, 2.24) is 4.90 Å². The summed E-state index contributed by atoms with van der Waals surface area (Å²) in [6.45, 7) is -0.254. The van der Waals surface area contributed by atoms with Gasteiger partial charge in [-0.3, -0.25) is 24.6 Å². The molecule has 0 aliphatic carbocycles. The minimum Gasteiger partial charge on any atom is -0.489 e. The Hall–Kier alpha value is -3.77. The van der Waals surface area contributed by atoms with E-state index in [1.54, 1.807) is 24.3 Å². The number of carbonyl (C=O) groups excluding carboxylic acids is 2. The highest BCUT2D eigenvalue weighted by Crippen LogP contribution is 2.25. The van der Waals surface area contributed by atoms with Gasteiger partial charge in [-0.25, -0.2) is 0 Å². The van der Waals surface area contributed by atoms with Crippen LogP contribution in [0.15, 0.2) is 42.5 Å². The van der Waals surface area contributed by atoms with Crippen LogP contribution in [0.1, 0.15) is 32.7 Å². The second-order valence-corrected chi connectivity index (χ2v) is 6.11. The van der Waals surface area contributed by atoms with Crippen molar-refractivity contribution in [3.8, 4) is 11.8 Å². The second-order valence-electron chi connectivity index (χ2n) is 6.11. The van der Waals surface area contributed by atoms with Gasteiger partial charge in [0, 0.05) is 12.6 Å². The first-order chi connectivity index (χ1) is 13.4. The molecule has 1 aliphatic heterocycles. The van der Waals surface area contributed by atoms with E-state index in [-0.39, 0.29) is 36.6 Å². The fourth-order valence-corrected chi connectivity index (χ4v) is 2.83. The molecule has 0 saturated carbocycles. The van der Waals surface area contributed by atoms with E-state index in [0.29, 0.717) is 11.1 Å². The van der Waals surface area contributed by atoms with Crippen molar-refractivity contribution in [2.75, 3.05) is 13.2 Å². The Morgan fingerprint density at radius 2 is 1.82 bits per heavy atom. The van der Waals surface area contributed by atoms with E-state index in [0.717, 1.165) is 11.0 Å². The number of fused-ring (bicyclic) bond motifs is 1. The Balaban J connectivity index is 1.59. The standard InChI is InChI=1S/C19H15N3O6/c20-10-12-5-6-13(22(26)27)9-17(12)28-11-14(23)7-8-21-18(24)15-3-1-2-4-16(15)19(21)25/h1-6,9,14,23H,7-8,11H2/t14-/m1/s1. The molecule has 1 heterocycles. The number of non-ortho nitro benzene ring substituents is 1. The second kappa shape index (κ2) is 7.85. The van der Waals surface area contributed by atoms with E-state index in [1.807, 2.05) is 6.07 Å². The Morgan fingerprint density at radius 3 is 2.39 bits per heavy atom. The van der Waals surface area contributed by atoms with Crippen LogP contribution in [0, 0.1) is 21.4 Å². The maximum Gasteiger partial charge on any atom is 0.273 e. The number of nitriles is 1. The summed E-state index contributed by atoms with van der Waals surface area (Å²) in [7, 11) is 0. The SMILES string of the molecule is N#Cc1ccc([N+](=O)[O-])cc1OC[C@H](O)CCN1C(=O)c2ccccc2C1=O. The van der Waals surface area contributed by atoms with E-state index in [4.69, 9.17) is 10.00 Å². The number of amides is 2. The fraction of sp³-hybridized carbons (Fsp3) is 0.211. The summed E-state index contributed by atoms with van der Waals surface area (Å²) in [5.74, 6) is -0.852. The van der Waals surface area contributed by atoms with Crippen LogP contribution in [0.4, 0.5) is 5.69 Å². The first-order valence-electron chi connectivity index (χ1n) is 8.37. The van der Waals surface area contributed by atoms with Crippen molar-refractivity contribution in [2.45, 2.75) is 12.5 Å². The zero-order valence-corrected chi connectivity index (χ0v) is 14.6. The van der Waals surface area contributed by atoms with Crippen LogP contribution in [0.25, 0.3) is 0 Å². The number of nitrogens with zero attached hydrogens (tertiary/aromatic N) is 3. The van der Waals surface area contributed by atoms with E-state index >= 15 is 0 Å². The largest absolute Gasteiger partial charge is 0.489 e. The third-order valence-electron chi connectivity index (χ3n) is 4.29. The molecule has 0 bridgehead atoms. The molecule has 1 N–H and O–H groups in total. The van der Waals surface area contributed by atoms with E-state index in [2.05, 4.69) is 0 Å². The number of aliphatic hydroxyl groups excluding tert-OH is 1. The van der Waals surface area contributed by atoms with Gasteiger partial charge in [0.05, 0.1) is 33.8 Å². The Morgan fingerprint density at radius 1 is 1.18 bits per heavy atom. The molecule has 28 heavy (non-hydrogen) atoms. The molecule has 9 nitrogen and oxygen atoms in total. The van der Waals surface area contributed by atoms with Gasteiger partial charge in [-0.1, -0.05) is 12.1 Å². The molecule has 1 atom stereocenters. The highest BCUT2D eigenvalue weighted by molar-refractivity contribution is 6.21. The predicted molar refractivity (Wildman–Crippen MR) is 95.7 cm³/mol. The van der Waals surface area contributed by atoms with Crippen molar-refractivity contribution in [3.05, 3.63) is 69.3 Å². The summed E-state index contributed by atoms with van der Waals surface area (Å²) in [5.41, 5.74) is 0.509. The van der Waals surface area contributed by atoms with Crippen LogP contribution < -0.4 is 4.74 Å². The van der Waals surface area contributed by atoms with Gasteiger partial charge < -0.3 is 9.84 Å². The molecular formula is C19H15N3O6. The Labute approximate surface area is 159 Å². The maximum atomic E-state index is 12.3. The molecule has 1 aliphatic rings. The smallest absolute Gasteiger partial charge is 0.273 e. The lowest BCUT2D eigenvalue weighted by molar-refractivity contribution is -0.384.